The maximum absolute atomic E-state index is 13.0. The number of nitrogens with zero attached hydrogens (tertiary/aromatic N) is 1. The maximum Gasteiger partial charge on any atom is 0.256 e. The summed E-state index contributed by atoms with van der Waals surface area (Å²) in [7, 11) is 0. The van der Waals surface area contributed by atoms with Crippen LogP contribution in [-0.4, -0.2) is 40.1 Å². The van der Waals surface area contributed by atoms with Crippen LogP contribution in [0, 0.1) is 5.41 Å². The third kappa shape index (κ3) is 2.05. The van der Waals surface area contributed by atoms with Gasteiger partial charge in [-0.3, -0.25) is 4.79 Å². The molecule has 1 saturated heterocycles. The Morgan fingerprint density at radius 2 is 2.14 bits per heavy atom. The van der Waals surface area contributed by atoms with Gasteiger partial charge in [0.1, 0.15) is 0 Å². The molecule has 1 saturated carbocycles. The first-order valence-electron chi connectivity index (χ1n) is 8.23. The topological polar surface area (TPSA) is 56.3 Å². The Balaban J connectivity index is 1.64. The minimum absolute atomic E-state index is 0.0580. The Morgan fingerprint density at radius 3 is 2.95 bits per heavy atom. The van der Waals surface area contributed by atoms with E-state index in [2.05, 4.69) is 4.98 Å². The van der Waals surface area contributed by atoms with Crippen molar-refractivity contribution in [1.29, 1.82) is 0 Å². The van der Waals surface area contributed by atoms with Gasteiger partial charge in [-0.15, -0.1) is 0 Å². The summed E-state index contributed by atoms with van der Waals surface area (Å²) in [6.45, 7) is 1.49. The maximum atomic E-state index is 13.0. The van der Waals surface area contributed by atoms with E-state index >= 15 is 0 Å². The van der Waals surface area contributed by atoms with Crippen molar-refractivity contribution in [2.24, 2.45) is 5.41 Å². The highest BCUT2D eigenvalue weighted by Crippen LogP contribution is 2.45. The summed E-state index contributed by atoms with van der Waals surface area (Å²) in [6, 6.07) is 7.84. The van der Waals surface area contributed by atoms with Crippen molar-refractivity contribution in [2.45, 2.75) is 38.2 Å². The number of likely N-dealkylation sites (tertiary alicyclic amines) is 1. The van der Waals surface area contributed by atoms with Gasteiger partial charge in [-0.25, -0.2) is 0 Å². The Kier molecular flexibility index (Phi) is 3.22. The average molecular weight is 298 g/mol. The molecule has 1 aliphatic heterocycles. The van der Waals surface area contributed by atoms with Crippen molar-refractivity contribution in [2.75, 3.05) is 13.1 Å². The van der Waals surface area contributed by atoms with E-state index in [1.807, 2.05) is 35.4 Å². The number of nitrogens with one attached hydrogen (secondary N) is 1. The van der Waals surface area contributed by atoms with Gasteiger partial charge in [0.05, 0.1) is 17.2 Å². The molecule has 1 aromatic heterocycles. The quantitative estimate of drug-likeness (QED) is 0.850. The molecule has 4 rings (SSSR count). The molecular weight excluding hydrogens is 276 g/mol. The van der Waals surface area contributed by atoms with Crippen molar-refractivity contribution in [3.05, 3.63) is 36.0 Å². The van der Waals surface area contributed by atoms with E-state index in [4.69, 9.17) is 0 Å². The fraction of sp³-hybridized carbons (Fsp3) is 0.500. The van der Waals surface area contributed by atoms with Crippen molar-refractivity contribution >= 4 is 16.8 Å². The molecule has 2 aromatic rings. The number of amides is 1. The summed E-state index contributed by atoms with van der Waals surface area (Å²) in [5.74, 6) is 0.0891. The second-order valence-electron chi connectivity index (χ2n) is 6.85. The molecule has 4 heteroatoms. The average Bonchev–Trinajstić information content (AvgIpc) is 3.14. The van der Waals surface area contributed by atoms with Crippen LogP contribution in [0.2, 0.25) is 0 Å². The van der Waals surface area contributed by atoms with E-state index in [-0.39, 0.29) is 17.4 Å². The molecule has 2 atom stereocenters. The number of H-pyrrole nitrogens is 1. The summed E-state index contributed by atoms with van der Waals surface area (Å²) in [6.07, 6.45) is 6.67. The number of aliphatic hydroxyl groups excluding tert-OH is 1. The first kappa shape index (κ1) is 13.8. The van der Waals surface area contributed by atoms with Gasteiger partial charge in [-0.05, 0) is 37.8 Å². The van der Waals surface area contributed by atoms with Gasteiger partial charge in [-0.2, -0.15) is 0 Å². The predicted octanol–water partition coefficient (Wildman–Crippen LogP) is 2.94. The second-order valence-corrected chi connectivity index (χ2v) is 6.85. The lowest BCUT2D eigenvalue weighted by molar-refractivity contribution is -0.00529. The van der Waals surface area contributed by atoms with E-state index in [9.17, 15) is 9.90 Å². The Hall–Kier alpha value is -1.81. The zero-order valence-corrected chi connectivity index (χ0v) is 12.7. The van der Waals surface area contributed by atoms with Gasteiger partial charge in [0.15, 0.2) is 0 Å². The molecule has 1 aliphatic carbocycles. The van der Waals surface area contributed by atoms with E-state index in [0.29, 0.717) is 6.54 Å². The van der Waals surface area contributed by atoms with Gasteiger partial charge < -0.3 is 15.0 Å². The lowest BCUT2D eigenvalue weighted by Crippen LogP contribution is -2.49. The fourth-order valence-corrected chi connectivity index (χ4v) is 4.36. The number of hydrogen-bond donors (Lipinski definition) is 2. The van der Waals surface area contributed by atoms with Crippen LogP contribution in [0.1, 0.15) is 42.5 Å². The van der Waals surface area contributed by atoms with Crippen LogP contribution < -0.4 is 0 Å². The number of benzene rings is 1. The minimum atomic E-state index is -0.246. The van der Waals surface area contributed by atoms with Crippen molar-refractivity contribution < 1.29 is 9.90 Å². The van der Waals surface area contributed by atoms with Gasteiger partial charge in [-0.1, -0.05) is 18.6 Å². The van der Waals surface area contributed by atoms with Crippen LogP contribution in [0.4, 0.5) is 0 Å². The molecule has 2 N–H and O–H groups in total. The molecule has 0 radical (unpaired) electrons. The van der Waals surface area contributed by atoms with Crippen molar-refractivity contribution in [3.63, 3.8) is 0 Å². The highest BCUT2D eigenvalue weighted by Gasteiger charge is 2.45. The van der Waals surface area contributed by atoms with Crippen LogP contribution in [0.15, 0.2) is 30.5 Å². The van der Waals surface area contributed by atoms with Crippen LogP contribution in [0.3, 0.4) is 0 Å². The Labute approximate surface area is 130 Å². The zero-order chi connectivity index (χ0) is 15.2. The van der Waals surface area contributed by atoms with Gasteiger partial charge in [0.25, 0.3) is 5.91 Å². The molecule has 4 nitrogen and oxygen atoms in total. The highest BCUT2D eigenvalue weighted by molar-refractivity contribution is 6.05. The molecule has 22 heavy (non-hydrogen) atoms. The van der Waals surface area contributed by atoms with Crippen molar-refractivity contribution in [3.8, 4) is 0 Å². The van der Waals surface area contributed by atoms with Gasteiger partial charge >= 0.3 is 0 Å². The molecule has 1 amide bonds. The van der Waals surface area contributed by atoms with Crippen LogP contribution in [-0.2, 0) is 0 Å². The molecule has 2 fully saturated rings. The summed E-state index contributed by atoms with van der Waals surface area (Å²) in [4.78, 5) is 18.1. The first-order valence-corrected chi connectivity index (χ1v) is 8.23. The van der Waals surface area contributed by atoms with Gasteiger partial charge in [0, 0.05) is 30.1 Å². The normalized spacial score (nSPS) is 28.6. The summed E-state index contributed by atoms with van der Waals surface area (Å²) < 4.78 is 0. The highest BCUT2D eigenvalue weighted by atomic mass is 16.3. The summed E-state index contributed by atoms with van der Waals surface area (Å²) in [5, 5.41) is 11.4. The molecular formula is C18H22N2O2. The molecule has 116 valence electrons. The zero-order valence-electron chi connectivity index (χ0n) is 12.7. The predicted molar refractivity (Wildman–Crippen MR) is 85.7 cm³/mol. The fourth-order valence-electron chi connectivity index (χ4n) is 4.36. The monoisotopic (exact) mass is 298 g/mol. The lowest BCUT2D eigenvalue weighted by atomic mass is 9.76. The second kappa shape index (κ2) is 5.13. The number of piperidine rings is 1. The number of aromatic nitrogens is 1. The van der Waals surface area contributed by atoms with Gasteiger partial charge in [0.2, 0.25) is 0 Å². The molecule has 0 unspecified atom stereocenters. The number of aliphatic hydroxyl groups is 1. The standard InChI is InChI=1S/C18H22N2O2/c21-15-6-2-8-18(15)9-3-11-20(12-18)17(22)14-5-1-4-13-7-10-19-16(13)14/h1,4-5,7,10,15,19,21H,2-3,6,8-9,11-12H2/t15-,18-/m1/s1. The lowest BCUT2D eigenvalue weighted by Gasteiger charge is -2.42. The summed E-state index contributed by atoms with van der Waals surface area (Å²) >= 11 is 0. The molecule has 1 spiro atoms. The van der Waals surface area contributed by atoms with Crippen LogP contribution >= 0.6 is 0 Å². The third-order valence-corrected chi connectivity index (χ3v) is 5.57. The van der Waals surface area contributed by atoms with Crippen molar-refractivity contribution in [1.82, 2.24) is 9.88 Å². The number of aromatic amines is 1. The summed E-state index contributed by atoms with van der Waals surface area (Å²) in [5.41, 5.74) is 1.60. The number of fused-ring (bicyclic) bond motifs is 1. The molecule has 2 aliphatic rings. The first-order chi connectivity index (χ1) is 10.7. The van der Waals surface area contributed by atoms with E-state index in [1.165, 1.54) is 0 Å². The molecule has 0 bridgehead atoms. The van der Waals surface area contributed by atoms with Crippen LogP contribution in [0.5, 0.6) is 0 Å². The van der Waals surface area contributed by atoms with Crippen LogP contribution in [0.25, 0.3) is 10.9 Å². The minimum Gasteiger partial charge on any atom is -0.392 e. The number of carbonyl (C=O) groups excluding carboxylic acids is 1. The number of para-hydroxylation sites is 1. The SMILES string of the molecule is O=C(c1cccc2cc[nH]c12)N1CCC[C@]2(CCC[C@H]2O)C1. The number of rotatable bonds is 1. The Morgan fingerprint density at radius 1 is 1.27 bits per heavy atom. The molecule has 2 heterocycles. The Bertz CT molecular complexity index is 708. The smallest absolute Gasteiger partial charge is 0.256 e. The number of carbonyl (C=O) groups is 1. The van der Waals surface area contributed by atoms with E-state index < -0.39 is 0 Å². The molecule has 1 aromatic carbocycles. The van der Waals surface area contributed by atoms with E-state index in [0.717, 1.165) is 55.1 Å². The largest absolute Gasteiger partial charge is 0.392 e. The number of hydrogen-bond acceptors (Lipinski definition) is 2. The third-order valence-electron chi connectivity index (χ3n) is 5.57. The van der Waals surface area contributed by atoms with E-state index in [1.54, 1.807) is 0 Å².